The molecular formula is C25H41NO. The second-order valence-corrected chi connectivity index (χ2v) is 7.75. The van der Waals surface area contributed by atoms with Crippen molar-refractivity contribution in [1.82, 2.24) is 0 Å². The minimum absolute atomic E-state index is 0.136. The highest BCUT2D eigenvalue weighted by molar-refractivity contribution is 5.90. The summed E-state index contributed by atoms with van der Waals surface area (Å²) < 4.78 is 0. The zero-order valence-electron chi connectivity index (χ0n) is 17.8. The quantitative estimate of drug-likeness (QED) is 0.232. The fourth-order valence-corrected chi connectivity index (χ4v) is 3.22. The van der Waals surface area contributed by atoms with E-state index in [-0.39, 0.29) is 5.91 Å². The number of aryl methyl sites for hydroxylation is 1. The van der Waals surface area contributed by atoms with E-state index >= 15 is 0 Å². The molecule has 1 aromatic rings. The third-order valence-corrected chi connectivity index (χ3v) is 5.00. The number of unbranched alkanes of at least 4 members (excludes halogenated alkanes) is 11. The summed E-state index contributed by atoms with van der Waals surface area (Å²) in [6, 6.07) is 7.98. The van der Waals surface area contributed by atoms with Crippen LogP contribution in [-0.4, -0.2) is 5.91 Å². The topological polar surface area (TPSA) is 29.1 Å². The number of carbonyl (C=O) groups is 1. The van der Waals surface area contributed by atoms with Gasteiger partial charge in [0.2, 0.25) is 5.91 Å². The van der Waals surface area contributed by atoms with Crippen LogP contribution in [-0.2, 0) is 4.79 Å². The van der Waals surface area contributed by atoms with E-state index in [2.05, 4.69) is 31.3 Å². The van der Waals surface area contributed by atoms with Crippen LogP contribution in [0.4, 0.5) is 5.69 Å². The predicted octanol–water partition coefficient (Wildman–Crippen LogP) is 7.97. The first-order valence-electron chi connectivity index (χ1n) is 11.2. The van der Waals surface area contributed by atoms with Crippen molar-refractivity contribution in [3.8, 4) is 0 Å². The highest BCUT2D eigenvalue weighted by atomic mass is 16.1. The van der Waals surface area contributed by atoms with Crippen molar-refractivity contribution in [1.29, 1.82) is 0 Å². The number of hydrogen-bond donors (Lipinski definition) is 1. The third-order valence-electron chi connectivity index (χ3n) is 5.00. The summed E-state index contributed by atoms with van der Waals surface area (Å²) in [6.45, 7) is 4.32. The van der Waals surface area contributed by atoms with Crippen molar-refractivity contribution < 1.29 is 4.79 Å². The summed E-state index contributed by atoms with van der Waals surface area (Å²) in [7, 11) is 0. The van der Waals surface area contributed by atoms with E-state index in [1.54, 1.807) is 0 Å². The van der Waals surface area contributed by atoms with Gasteiger partial charge in [-0.2, -0.15) is 0 Å². The third kappa shape index (κ3) is 14.2. The minimum atomic E-state index is 0.136. The van der Waals surface area contributed by atoms with Crippen LogP contribution in [0.1, 0.15) is 102 Å². The van der Waals surface area contributed by atoms with Gasteiger partial charge in [-0.25, -0.2) is 0 Å². The van der Waals surface area contributed by atoms with E-state index in [0.717, 1.165) is 18.5 Å². The van der Waals surface area contributed by atoms with Gasteiger partial charge in [0.15, 0.2) is 0 Å². The van der Waals surface area contributed by atoms with Crippen LogP contribution in [0.15, 0.2) is 36.4 Å². The molecule has 0 aliphatic carbocycles. The van der Waals surface area contributed by atoms with Crippen LogP contribution in [0.5, 0.6) is 0 Å². The zero-order chi connectivity index (χ0) is 19.6. The van der Waals surface area contributed by atoms with Gasteiger partial charge < -0.3 is 5.32 Å². The molecule has 0 bridgehead atoms. The van der Waals surface area contributed by atoms with Crippen molar-refractivity contribution in [3.63, 3.8) is 0 Å². The van der Waals surface area contributed by atoms with Gasteiger partial charge in [-0.1, -0.05) is 88.1 Å². The van der Waals surface area contributed by atoms with E-state index in [1.165, 1.54) is 76.2 Å². The Morgan fingerprint density at radius 1 is 0.778 bits per heavy atom. The Labute approximate surface area is 167 Å². The van der Waals surface area contributed by atoms with Gasteiger partial charge in [-0.05, 0) is 51.2 Å². The number of carbonyl (C=O) groups excluding carboxylic acids is 1. The maximum atomic E-state index is 11.9. The Morgan fingerprint density at radius 3 is 1.89 bits per heavy atom. The largest absolute Gasteiger partial charge is 0.326 e. The lowest BCUT2D eigenvalue weighted by atomic mass is 10.1. The molecule has 1 N–H and O–H groups in total. The summed E-state index contributed by atoms with van der Waals surface area (Å²) in [5.41, 5.74) is 2.11. The van der Waals surface area contributed by atoms with Crippen molar-refractivity contribution >= 4 is 11.6 Å². The van der Waals surface area contributed by atoms with Crippen molar-refractivity contribution in [2.45, 2.75) is 104 Å². The van der Waals surface area contributed by atoms with E-state index in [0.29, 0.717) is 6.42 Å². The molecule has 2 heteroatoms. The first-order chi connectivity index (χ1) is 13.2. The lowest BCUT2D eigenvalue weighted by molar-refractivity contribution is -0.116. The van der Waals surface area contributed by atoms with Crippen LogP contribution in [0.25, 0.3) is 0 Å². The molecule has 1 rings (SSSR count). The SMILES string of the molecule is CCCCCCCC/C=C\CCCCCCCC(=O)Nc1ccc(C)cc1. The number of hydrogen-bond acceptors (Lipinski definition) is 1. The summed E-state index contributed by atoms with van der Waals surface area (Å²) in [4.78, 5) is 11.9. The van der Waals surface area contributed by atoms with Gasteiger partial charge in [-0.15, -0.1) is 0 Å². The van der Waals surface area contributed by atoms with Crippen molar-refractivity contribution in [2.24, 2.45) is 0 Å². The van der Waals surface area contributed by atoms with Crippen molar-refractivity contribution in [3.05, 3.63) is 42.0 Å². The second-order valence-electron chi connectivity index (χ2n) is 7.75. The van der Waals surface area contributed by atoms with Crippen LogP contribution in [0, 0.1) is 6.92 Å². The molecule has 0 aliphatic heterocycles. The van der Waals surface area contributed by atoms with Crippen molar-refractivity contribution in [2.75, 3.05) is 5.32 Å². The monoisotopic (exact) mass is 371 g/mol. The Bertz CT molecular complexity index is 504. The highest BCUT2D eigenvalue weighted by Gasteiger charge is 2.01. The van der Waals surface area contributed by atoms with Gasteiger partial charge in [0.05, 0.1) is 0 Å². The maximum absolute atomic E-state index is 11.9. The first kappa shape index (κ1) is 23.5. The number of amides is 1. The number of anilines is 1. The van der Waals surface area contributed by atoms with E-state index in [1.807, 2.05) is 24.3 Å². The molecule has 0 saturated carbocycles. The highest BCUT2D eigenvalue weighted by Crippen LogP contribution is 2.12. The molecule has 27 heavy (non-hydrogen) atoms. The number of nitrogens with one attached hydrogen (secondary N) is 1. The van der Waals surface area contributed by atoms with Crippen LogP contribution < -0.4 is 5.32 Å². The average Bonchev–Trinajstić information content (AvgIpc) is 2.66. The van der Waals surface area contributed by atoms with Gasteiger partial charge >= 0.3 is 0 Å². The maximum Gasteiger partial charge on any atom is 0.224 e. The summed E-state index contributed by atoms with van der Waals surface area (Å²) in [5, 5.41) is 2.97. The van der Waals surface area contributed by atoms with Gasteiger partial charge in [0, 0.05) is 12.1 Å². The van der Waals surface area contributed by atoms with E-state index < -0.39 is 0 Å². The molecule has 0 saturated heterocycles. The molecule has 0 spiro atoms. The molecule has 0 radical (unpaired) electrons. The fourth-order valence-electron chi connectivity index (χ4n) is 3.22. The molecule has 152 valence electrons. The van der Waals surface area contributed by atoms with E-state index in [9.17, 15) is 4.79 Å². The zero-order valence-corrected chi connectivity index (χ0v) is 17.8. The second kappa shape index (κ2) is 16.6. The summed E-state index contributed by atoms with van der Waals surface area (Å²) in [6.07, 6.45) is 22.1. The lowest BCUT2D eigenvalue weighted by Gasteiger charge is -2.05. The molecule has 0 aliphatic rings. The molecular weight excluding hydrogens is 330 g/mol. The molecule has 2 nitrogen and oxygen atoms in total. The Hall–Kier alpha value is -1.57. The Morgan fingerprint density at radius 2 is 1.30 bits per heavy atom. The molecule has 0 aromatic heterocycles. The molecule has 1 aromatic carbocycles. The Kier molecular flexibility index (Phi) is 14.4. The lowest BCUT2D eigenvalue weighted by Crippen LogP contribution is -2.10. The summed E-state index contributed by atoms with van der Waals surface area (Å²) in [5.74, 6) is 0.136. The normalized spacial score (nSPS) is 11.2. The number of rotatable bonds is 16. The number of allylic oxidation sites excluding steroid dienone is 2. The first-order valence-corrected chi connectivity index (χ1v) is 11.2. The molecule has 1 amide bonds. The van der Waals surface area contributed by atoms with Gasteiger partial charge in [0.25, 0.3) is 0 Å². The van der Waals surface area contributed by atoms with Gasteiger partial charge in [-0.3, -0.25) is 4.79 Å². The predicted molar refractivity (Wildman–Crippen MR) is 119 cm³/mol. The van der Waals surface area contributed by atoms with E-state index in [4.69, 9.17) is 0 Å². The number of benzene rings is 1. The average molecular weight is 372 g/mol. The Balaban J connectivity index is 1.86. The van der Waals surface area contributed by atoms with Gasteiger partial charge in [0.1, 0.15) is 0 Å². The molecule has 0 heterocycles. The van der Waals surface area contributed by atoms with Crippen LogP contribution in [0.2, 0.25) is 0 Å². The molecule has 0 fully saturated rings. The van der Waals surface area contributed by atoms with Crippen LogP contribution in [0.3, 0.4) is 0 Å². The molecule has 0 unspecified atom stereocenters. The smallest absolute Gasteiger partial charge is 0.224 e. The minimum Gasteiger partial charge on any atom is -0.326 e. The fraction of sp³-hybridized carbons (Fsp3) is 0.640. The molecule has 0 atom stereocenters. The van der Waals surface area contributed by atoms with Crippen LogP contribution >= 0.6 is 0 Å². The standard InChI is InChI=1S/C25H41NO/c1-3-4-5-6-7-8-9-10-11-12-13-14-15-16-17-18-25(27)26-24-21-19-23(2)20-22-24/h10-11,19-22H,3-9,12-18H2,1-2H3,(H,26,27)/b11-10-. The summed E-state index contributed by atoms with van der Waals surface area (Å²) >= 11 is 0.